The second-order valence-corrected chi connectivity index (χ2v) is 4.35. The van der Waals surface area contributed by atoms with E-state index in [4.69, 9.17) is 9.15 Å². The minimum Gasteiger partial charge on any atom is -0.461 e. The Morgan fingerprint density at radius 1 is 1.44 bits per heavy atom. The average Bonchev–Trinajstić information content (AvgIpc) is 2.68. The molecule has 1 aromatic rings. The quantitative estimate of drug-likeness (QED) is 0.729. The lowest BCUT2D eigenvalue weighted by molar-refractivity contribution is -0.0653. The number of Topliss-reactive ketones (excluding diaryl/α,β-unsaturated/α-hetero) is 1. The Morgan fingerprint density at radius 2 is 2.12 bits per heavy atom. The molecule has 1 aliphatic rings. The number of hydrogen-bond donors (Lipinski definition) is 0. The Bertz CT molecular complexity index is 337. The Kier molecular flexibility index (Phi) is 3.41. The fourth-order valence-electron chi connectivity index (χ4n) is 2.13. The third-order valence-electron chi connectivity index (χ3n) is 2.66. The highest BCUT2D eigenvalue weighted by molar-refractivity contribution is 5.94. The molecular formula is C12H17NO3. The third kappa shape index (κ3) is 2.71. The highest BCUT2D eigenvalue weighted by Crippen LogP contribution is 2.11. The molecule has 0 saturated carbocycles. The molecule has 2 unspecified atom stereocenters. The number of hydrogen-bond acceptors (Lipinski definition) is 4. The molecule has 0 aromatic carbocycles. The number of rotatable bonds is 3. The van der Waals surface area contributed by atoms with Crippen molar-refractivity contribution in [1.29, 1.82) is 0 Å². The van der Waals surface area contributed by atoms with Gasteiger partial charge >= 0.3 is 0 Å². The predicted molar refractivity (Wildman–Crippen MR) is 59.5 cm³/mol. The van der Waals surface area contributed by atoms with E-state index in [1.54, 1.807) is 12.1 Å². The van der Waals surface area contributed by atoms with E-state index in [9.17, 15) is 4.79 Å². The van der Waals surface area contributed by atoms with E-state index in [1.807, 2.05) is 13.8 Å². The molecule has 16 heavy (non-hydrogen) atoms. The topological polar surface area (TPSA) is 42.7 Å². The van der Waals surface area contributed by atoms with Gasteiger partial charge in [0.2, 0.25) is 5.78 Å². The van der Waals surface area contributed by atoms with E-state index in [0.717, 1.165) is 13.1 Å². The first-order valence-electron chi connectivity index (χ1n) is 5.59. The zero-order valence-corrected chi connectivity index (χ0v) is 9.68. The lowest BCUT2D eigenvalue weighted by Gasteiger charge is -2.34. The minimum absolute atomic E-state index is 0.0336. The first-order valence-corrected chi connectivity index (χ1v) is 5.59. The van der Waals surface area contributed by atoms with E-state index in [0.29, 0.717) is 12.3 Å². The van der Waals surface area contributed by atoms with E-state index >= 15 is 0 Å². The van der Waals surface area contributed by atoms with Crippen molar-refractivity contribution in [1.82, 2.24) is 4.90 Å². The summed E-state index contributed by atoms with van der Waals surface area (Å²) in [5.74, 6) is 0.470. The standard InChI is InChI=1S/C12H17NO3/c1-9-6-13(7-10(2)16-9)8-11(14)12-4-3-5-15-12/h3-5,9-10H,6-8H2,1-2H3. The van der Waals surface area contributed by atoms with Crippen LogP contribution >= 0.6 is 0 Å². The van der Waals surface area contributed by atoms with Crippen molar-refractivity contribution in [2.45, 2.75) is 26.1 Å². The van der Waals surface area contributed by atoms with Crippen LogP contribution in [0.2, 0.25) is 0 Å². The zero-order valence-electron chi connectivity index (χ0n) is 9.68. The summed E-state index contributed by atoms with van der Waals surface area (Å²) in [4.78, 5) is 13.9. The van der Waals surface area contributed by atoms with Gasteiger partial charge in [-0.05, 0) is 26.0 Å². The molecule has 4 heteroatoms. The molecule has 88 valence electrons. The Hall–Kier alpha value is -1.13. The summed E-state index contributed by atoms with van der Waals surface area (Å²) in [5.41, 5.74) is 0. The summed E-state index contributed by atoms with van der Waals surface area (Å²) < 4.78 is 10.7. The molecule has 1 aromatic heterocycles. The van der Waals surface area contributed by atoms with Crippen LogP contribution in [-0.4, -0.2) is 42.5 Å². The molecule has 0 amide bonds. The largest absolute Gasteiger partial charge is 0.461 e. The maximum atomic E-state index is 11.8. The van der Waals surface area contributed by atoms with Crippen molar-refractivity contribution in [2.24, 2.45) is 0 Å². The van der Waals surface area contributed by atoms with Gasteiger partial charge in [0.25, 0.3) is 0 Å². The van der Waals surface area contributed by atoms with Gasteiger partial charge in [0.15, 0.2) is 5.76 Å². The summed E-state index contributed by atoms with van der Waals surface area (Å²) in [6.45, 7) is 6.07. The molecule has 0 bridgehead atoms. The maximum Gasteiger partial charge on any atom is 0.211 e. The van der Waals surface area contributed by atoms with Crippen LogP contribution in [0.4, 0.5) is 0 Å². The maximum absolute atomic E-state index is 11.8. The van der Waals surface area contributed by atoms with Crippen molar-refractivity contribution in [3.63, 3.8) is 0 Å². The molecule has 0 aliphatic carbocycles. The summed E-state index contributed by atoms with van der Waals surface area (Å²) in [7, 11) is 0. The van der Waals surface area contributed by atoms with Crippen LogP contribution in [0.1, 0.15) is 24.4 Å². The molecule has 2 rings (SSSR count). The average molecular weight is 223 g/mol. The van der Waals surface area contributed by atoms with E-state index in [-0.39, 0.29) is 18.0 Å². The van der Waals surface area contributed by atoms with Crippen LogP contribution in [0.5, 0.6) is 0 Å². The van der Waals surface area contributed by atoms with Crippen molar-refractivity contribution in [3.05, 3.63) is 24.2 Å². The monoisotopic (exact) mass is 223 g/mol. The smallest absolute Gasteiger partial charge is 0.211 e. The molecule has 0 N–H and O–H groups in total. The molecule has 4 nitrogen and oxygen atoms in total. The molecule has 2 heterocycles. The second-order valence-electron chi connectivity index (χ2n) is 4.35. The Morgan fingerprint density at radius 3 is 2.69 bits per heavy atom. The van der Waals surface area contributed by atoms with Gasteiger partial charge in [0.1, 0.15) is 0 Å². The molecule has 2 atom stereocenters. The first-order chi connectivity index (χ1) is 7.65. The summed E-state index contributed by atoms with van der Waals surface area (Å²) >= 11 is 0. The normalized spacial score (nSPS) is 26.9. The Balaban J connectivity index is 1.92. The van der Waals surface area contributed by atoms with Gasteiger partial charge in [0, 0.05) is 13.1 Å². The molecule has 1 saturated heterocycles. The third-order valence-corrected chi connectivity index (χ3v) is 2.66. The Labute approximate surface area is 95.2 Å². The number of furan rings is 1. The van der Waals surface area contributed by atoms with Gasteiger partial charge in [-0.1, -0.05) is 0 Å². The van der Waals surface area contributed by atoms with Gasteiger partial charge in [-0.3, -0.25) is 9.69 Å². The number of carbonyl (C=O) groups is 1. The predicted octanol–water partition coefficient (Wildman–Crippen LogP) is 1.57. The second kappa shape index (κ2) is 4.80. The van der Waals surface area contributed by atoms with Crippen LogP contribution in [0.15, 0.2) is 22.8 Å². The fraction of sp³-hybridized carbons (Fsp3) is 0.583. The van der Waals surface area contributed by atoms with Gasteiger partial charge in [-0.15, -0.1) is 0 Å². The number of ketones is 1. The van der Waals surface area contributed by atoms with E-state index in [2.05, 4.69) is 4.90 Å². The van der Waals surface area contributed by atoms with E-state index in [1.165, 1.54) is 6.26 Å². The molecule has 0 spiro atoms. The van der Waals surface area contributed by atoms with Crippen molar-refractivity contribution >= 4 is 5.78 Å². The van der Waals surface area contributed by atoms with Crippen molar-refractivity contribution in [3.8, 4) is 0 Å². The number of morpholine rings is 1. The fourth-order valence-corrected chi connectivity index (χ4v) is 2.13. The number of nitrogens with zero attached hydrogens (tertiary/aromatic N) is 1. The van der Waals surface area contributed by atoms with Gasteiger partial charge in [-0.2, -0.15) is 0 Å². The van der Waals surface area contributed by atoms with Crippen LogP contribution in [0.25, 0.3) is 0 Å². The lowest BCUT2D eigenvalue weighted by atomic mass is 10.2. The zero-order chi connectivity index (χ0) is 11.5. The van der Waals surface area contributed by atoms with Gasteiger partial charge < -0.3 is 9.15 Å². The van der Waals surface area contributed by atoms with Crippen LogP contribution in [-0.2, 0) is 4.74 Å². The number of carbonyl (C=O) groups excluding carboxylic acids is 1. The SMILES string of the molecule is CC1CN(CC(=O)c2ccco2)CC(C)O1. The van der Waals surface area contributed by atoms with Gasteiger partial charge in [0.05, 0.1) is 25.0 Å². The number of ether oxygens (including phenoxy) is 1. The van der Waals surface area contributed by atoms with Crippen molar-refractivity contribution < 1.29 is 13.9 Å². The van der Waals surface area contributed by atoms with Crippen LogP contribution < -0.4 is 0 Å². The van der Waals surface area contributed by atoms with Crippen molar-refractivity contribution in [2.75, 3.05) is 19.6 Å². The first kappa shape index (κ1) is 11.4. The summed E-state index contributed by atoms with van der Waals surface area (Å²) in [5, 5.41) is 0. The van der Waals surface area contributed by atoms with Gasteiger partial charge in [-0.25, -0.2) is 0 Å². The van der Waals surface area contributed by atoms with Crippen LogP contribution in [0.3, 0.4) is 0 Å². The molecule has 1 aliphatic heterocycles. The van der Waals surface area contributed by atoms with Crippen LogP contribution in [0, 0.1) is 0 Å². The highest BCUT2D eigenvalue weighted by atomic mass is 16.5. The van der Waals surface area contributed by atoms with E-state index < -0.39 is 0 Å². The highest BCUT2D eigenvalue weighted by Gasteiger charge is 2.24. The minimum atomic E-state index is 0.0336. The molecule has 0 radical (unpaired) electrons. The summed E-state index contributed by atoms with van der Waals surface area (Å²) in [6, 6.07) is 3.44. The molecular weight excluding hydrogens is 206 g/mol. The molecule has 1 fully saturated rings. The lowest BCUT2D eigenvalue weighted by Crippen LogP contribution is -2.47. The summed E-state index contributed by atoms with van der Waals surface area (Å²) in [6.07, 6.45) is 1.90.